The molecule has 0 amide bonds. The van der Waals surface area contributed by atoms with E-state index in [-0.39, 0.29) is 6.10 Å². The van der Waals surface area contributed by atoms with Crippen molar-refractivity contribution in [1.29, 1.82) is 0 Å². The second kappa shape index (κ2) is 6.10. The molecule has 1 unspecified atom stereocenters. The Kier molecular flexibility index (Phi) is 3.81. The van der Waals surface area contributed by atoms with Crippen LogP contribution in [0.2, 0.25) is 0 Å². The van der Waals surface area contributed by atoms with Gasteiger partial charge in [0.05, 0.1) is 24.2 Å². The molecule has 1 atom stereocenters. The topological polar surface area (TPSA) is 54.0 Å². The van der Waals surface area contributed by atoms with Crippen molar-refractivity contribution < 1.29 is 4.74 Å². The monoisotopic (exact) mass is 308 g/mol. The van der Waals surface area contributed by atoms with E-state index in [1.807, 2.05) is 19.3 Å². The summed E-state index contributed by atoms with van der Waals surface area (Å²) >= 11 is 0. The number of aromatic nitrogens is 3. The van der Waals surface area contributed by atoms with E-state index >= 15 is 0 Å². The van der Waals surface area contributed by atoms with Gasteiger partial charge in [0.2, 0.25) is 0 Å². The molecule has 0 aliphatic carbocycles. The molecular weight excluding hydrogens is 288 g/mol. The van der Waals surface area contributed by atoms with Crippen LogP contribution in [0.1, 0.15) is 23.1 Å². The van der Waals surface area contributed by atoms with Crippen LogP contribution in [0, 0.1) is 6.92 Å². The van der Waals surface area contributed by atoms with Crippen LogP contribution < -0.4 is 0 Å². The molecule has 5 nitrogen and oxygen atoms in total. The molecular formula is C18H20N4O. The molecule has 118 valence electrons. The van der Waals surface area contributed by atoms with Crippen molar-refractivity contribution in [1.82, 2.24) is 19.9 Å². The fourth-order valence-corrected chi connectivity index (χ4v) is 3.05. The van der Waals surface area contributed by atoms with Crippen molar-refractivity contribution in [3.8, 4) is 0 Å². The molecule has 0 saturated carbocycles. The van der Waals surface area contributed by atoms with Crippen molar-refractivity contribution in [2.24, 2.45) is 0 Å². The first-order valence-electron chi connectivity index (χ1n) is 7.96. The molecule has 4 rings (SSSR count). The lowest BCUT2D eigenvalue weighted by molar-refractivity contribution is -0.0351. The molecule has 1 fully saturated rings. The third-order valence-electron chi connectivity index (χ3n) is 4.31. The number of aryl methyl sites for hydroxylation is 1. The van der Waals surface area contributed by atoms with Crippen molar-refractivity contribution in [2.75, 3.05) is 19.7 Å². The zero-order valence-corrected chi connectivity index (χ0v) is 13.2. The van der Waals surface area contributed by atoms with Gasteiger partial charge in [0, 0.05) is 37.5 Å². The summed E-state index contributed by atoms with van der Waals surface area (Å²) in [4.78, 5) is 14.4. The van der Waals surface area contributed by atoms with E-state index in [1.165, 1.54) is 16.5 Å². The molecule has 1 N–H and O–H groups in total. The Morgan fingerprint density at radius 2 is 2.22 bits per heavy atom. The Balaban J connectivity index is 1.47. The number of benzene rings is 1. The molecule has 1 aliphatic rings. The summed E-state index contributed by atoms with van der Waals surface area (Å²) in [6, 6.07) is 8.70. The number of nitrogens with zero attached hydrogens (tertiary/aromatic N) is 3. The SMILES string of the molecule is Cc1cnc(C2CN(Cc3ccc4[nH]ccc4c3)CCO2)cn1. The smallest absolute Gasteiger partial charge is 0.114 e. The second-order valence-corrected chi connectivity index (χ2v) is 6.08. The summed E-state index contributed by atoms with van der Waals surface area (Å²) in [5, 5.41) is 1.26. The summed E-state index contributed by atoms with van der Waals surface area (Å²) in [7, 11) is 0. The van der Waals surface area contributed by atoms with Gasteiger partial charge in [-0.25, -0.2) is 0 Å². The molecule has 2 aromatic heterocycles. The molecule has 0 spiro atoms. The minimum atomic E-state index is 0.00726. The number of nitrogens with one attached hydrogen (secondary N) is 1. The number of rotatable bonds is 3. The number of hydrogen-bond donors (Lipinski definition) is 1. The average molecular weight is 308 g/mol. The van der Waals surface area contributed by atoms with E-state index in [9.17, 15) is 0 Å². The van der Waals surface area contributed by atoms with Gasteiger partial charge in [0.25, 0.3) is 0 Å². The Labute approximate surface area is 135 Å². The lowest BCUT2D eigenvalue weighted by atomic mass is 10.1. The van der Waals surface area contributed by atoms with Gasteiger partial charge in [-0.15, -0.1) is 0 Å². The highest BCUT2D eigenvalue weighted by molar-refractivity contribution is 5.79. The molecule has 3 heterocycles. The highest BCUT2D eigenvalue weighted by atomic mass is 16.5. The average Bonchev–Trinajstić information content (AvgIpc) is 3.03. The van der Waals surface area contributed by atoms with Crippen LogP contribution in [0.25, 0.3) is 10.9 Å². The number of H-pyrrole nitrogens is 1. The third-order valence-corrected chi connectivity index (χ3v) is 4.31. The Morgan fingerprint density at radius 3 is 3.09 bits per heavy atom. The van der Waals surface area contributed by atoms with E-state index in [0.29, 0.717) is 0 Å². The van der Waals surface area contributed by atoms with Crippen LogP contribution in [0.4, 0.5) is 0 Å². The minimum absolute atomic E-state index is 0.00726. The molecule has 1 saturated heterocycles. The lowest BCUT2D eigenvalue weighted by Crippen LogP contribution is -2.38. The normalized spacial score (nSPS) is 19.3. The maximum absolute atomic E-state index is 5.88. The number of aromatic amines is 1. The first-order valence-corrected chi connectivity index (χ1v) is 7.96. The summed E-state index contributed by atoms with van der Waals surface area (Å²) in [5.74, 6) is 0. The van der Waals surface area contributed by atoms with E-state index in [4.69, 9.17) is 4.74 Å². The minimum Gasteiger partial charge on any atom is -0.369 e. The van der Waals surface area contributed by atoms with Crippen LogP contribution in [0.3, 0.4) is 0 Å². The van der Waals surface area contributed by atoms with E-state index in [1.54, 1.807) is 6.20 Å². The quantitative estimate of drug-likeness (QED) is 0.808. The van der Waals surface area contributed by atoms with Crippen molar-refractivity contribution >= 4 is 10.9 Å². The molecule has 1 aromatic carbocycles. The van der Waals surface area contributed by atoms with Gasteiger partial charge < -0.3 is 9.72 Å². The first kappa shape index (κ1) is 14.4. The number of hydrogen-bond acceptors (Lipinski definition) is 4. The summed E-state index contributed by atoms with van der Waals surface area (Å²) in [6.45, 7) is 5.40. The van der Waals surface area contributed by atoms with Crippen LogP contribution in [0.15, 0.2) is 42.9 Å². The van der Waals surface area contributed by atoms with Gasteiger partial charge >= 0.3 is 0 Å². The Morgan fingerprint density at radius 1 is 1.26 bits per heavy atom. The van der Waals surface area contributed by atoms with Gasteiger partial charge in [-0.1, -0.05) is 6.07 Å². The maximum Gasteiger partial charge on any atom is 0.114 e. The molecule has 5 heteroatoms. The zero-order chi connectivity index (χ0) is 15.6. The van der Waals surface area contributed by atoms with Crippen LogP contribution in [0.5, 0.6) is 0 Å². The van der Waals surface area contributed by atoms with Crippen LogP contribution in [-0.2, 0) is 11.3 Å². The summed E-state index contributed by atoms with van der Waals surface area (Å²) in [6.07, 6.45) is 5.62. The van der Waals surface area contributed by atoms with Gasteiger partial charge in [-0.3, -0.25) is 14.9 Å². The third kappa shape index (κ3) is 3.11. The van der Waals surface area contributed by atoms with Gasteiger partial charge in [0.15, 0.2) is 0 Å². The fraction of sp³-hybridized carbons (Fsp3) is 0.333. The maximum atomic E-state index is 5.88. The second-order valence-electron chi connectivity index (χ2n) is 6.08. The number of ether oxygens (including phenoxy) is 1. The van der Waals surface area contributed by atoms with Crippen molar-refractivity contribution in [3.63, 3.8) is 0 Å². The lowest BCUT2D eigenvalue weighted by Gasteiger charge is -2.32. The van der Waals surface area contributed by atoms with Gasteiger partial charge in [-0.2, -0.15) is 0 Å². The van der Waals surface area contributed by atoms with Crippen molar-refractivity contribution in [3.05, 3.63) is 59.8 Å². The predicted molar refractivity (Wildman–Crippen MR) is 89.0 cm³/mol. The fourth-order valence-electron chi connectivity index (χ4n) is 3.05. The zero-order valence-electron chi connectivity index (χ0n) is 13.2. The molecule has 1 aliphatic heterocycles. The highest BCUT2D eigenvalue weighted by Crippen LogP contribution is 2.22. The molecule has 0 radical (unpaired) electrons. The highest BCUT2D eigenvalue weighted by Gasteiger charge is 2.23. The van der Waals surface area contributed by atoms with Gasteiger partial charge in [0.1, 0.15) is 6.10 Å². The van der Waals surface area contributed by atoms with E-state index in [2.05, 4.69) is 44.1 Å². The number of morpholine rings is 1. The van der Waals surface area contributed by atoms with E-state index in [0.717, 1.165) is 37.6 Å². The molecule has 3 aromatic rings. The molecule has 23 heavy (non-hydrogen) atoms. The molecule has 0 bridgehead atoms. The summed E-state index contributed by atoms with van der Waals surface area (Å²) in [5.41, 5.74) is 4.36. The Bertz CT molecular complexity index is 796. The van der Waals surface area contributed by atoms with Gasteiger partial charge in [-0.05, 0) is 36.1 Å². The predicted octanol–water partition coefficient (Wildman–Crippen LogP) is 2.84. The van der Waals surface area contributed by atoms with Crippen LogP contribution >= 0.6 is 0 Å². The van der Waals surface area contributed by atoms with Crippen molar-refractivity contribution in [2.45, 2.75) is 19.6 Å². The van der Waals surface area contributed by atoms with Crippen LogP contribution in [-0.4, -0.2) is 39.5 Å². The standard InChI is InChI=1S/C18H20N4O/c1-13-9-21-17(10-20-13)18-12-22(6-7-23-18)11-14-2-3-16-15(8-14)4-5-19-16/h2-5,8-10,18-19H,6-7,11-12H2,1H3. The largest absolute Gasteiger partial charge is 0.369 e. The van der Waals surface area contributed by atoms with E-state index < -0.39 is 0 Å². The number of fused-ring (bicyclic) bond motifs is 1. The summed E-state index contributed by atoms with van der Waals surface area (Å²) < 4.78 is 5.88. The Hall–Kier alpha value is -2.24. The first-order chi connectivity index (χ1) is 11.3.